The van der Waals surface area contributed by atoms with Crippen LogP contribution in [0.2, 0.25) is 0 Å². The van der Waals surface area contributed by atoms with Gasteiger partial charge in [0, 0.05) is 28.5 Å². The monoisotopic (exact) mass is 443 g/mol. The Labute approximate surface area is 158 Å². The van der Waals surface area contributed by atoms with Gasteiger partial charge in [0.1, 0.15) is 11.3 Å². The number of aryl methyl sites for hydroxylation is 1. The van der Waals surface area contributed by atoms with Gasteiger partial charge in [-0.2, -0.15) is 13.2 Å². The molecule has 3 aromatic rings. The minimum Gasteiger partial charge on any atom is -0.312 e. The number of rotatable bonds is 1. The van der Waals surface area contributed by atoms with Crippen molar-refractivity contribution < 1.29 is 17.4 Å². The van der Waals surface area contributed by atoms with E-state index in [4.69, 9.17) is 0 Å². The van der Waals surface area contributed by atoms with E-state index < -0.39 is 22.5 Å². The van der Waals surface area contributed by atoms with Crippen LogP contribution in [-0.4, -0.2) is 24.0 Å². The first-order chi connectivity index (χ1) is 12.2. The first kappa shape index (κ1) is 17.7. The molecule has 0 radical (unpaired) electrons. The summed E-state index contributed by atoms with van der Waals surface area (Å²) in [7, 11) is 0.498. The Bertz CT molecular complexity index is 1080. The van der Waals surface area contributed by atoms with Crippen molar-refractivity contribution in [1.82, 2.24) is 14.5 Å². The third-order valence-electron chi connectivity index (χ3n) is 4.54. The highest BCUT2D eigenvalue weighted by Gasteiger charge is 2.33. The van der Waals surface area contributed by atoms with Crippen molar-refractivity contribution in [3.8, 4) is 11.4 Å². The number of imidazole rings is 1. The minimum atomic E-state index is -4.48. The van der Waals surface area contributed by atoms with Crippen LogP contribution < -0.4 is 0 Å². The smallest absolute Gasteiger partial charge is 0.312 e. The van der Waals surface area contributed by atoms with E-state index >= 15 is 0 Å². The van der Waals surface area contributed by atoms with Crippen molar-refractivity contribution >= 4 is 37.9 Å². The second-order valence-corrected chi connectivity index (χ2v) is 8.94. The highest BCUT2D eigenvalue weighted by atomic mass is 79.9. The van der Waals surface area contributed by atoms with Crippen molar-refractivity contribution in [3.63, 3.8) is 0 Å². The lowest BCUT2D eigenvalue weighted by molar-refractivity contribution is -0.137. The largest absolute Gasteiger partial charge is 0.417 e. The van der Waals surface area contributed by atoms with Gasteiger partial charge < -0.3 is 4.57 Å². The van der Waals surface area contributed by atoms with E-state index in [1.165, 1.54) is 0 Å². The summed E-state index contributed by atoms with van der Waals surface area (Å²) < 4.78 is 54.1. The maximum absolute atomic E-state index is 12.9. The van der Waals surface area contributed by atoms with Crippen LogP contribution in [-0.2, 0) is 30.4 Å². The molecular weight excluding hydrogens is 431 g/mol. The predicted molar refractivity (Wildman–Crippen MR) is 96.2 cm³/mol. The first-order valence-electron chi connectivity index (χ1n) is 7.80. The van der Waals surface area contributed by atoms with Crippen LogP contribution in [0.1, 0.15) is 18.1 Å². The zero-order valence-electron chi connectivity index (χ0n) is 13.8. The second kappa shape index (κ2) is 5.88. The van der Waals surface area contributed by atoms with Crippen molar-refractivity contribution in [3.05, 3.63) is 40.0 Å². The third kappa shape index (κ3) is 2.60. The van der Waals surface area contributed by atoms with E-state index in [0.29, 0.717) is 28.4 Å². The van der Waals surface area contributed by atoms with Crippen molar-refractivity contribution in [2.75, 3.05) is 0 Å². The molecule has 2 atom stereocenters. The lowest BCUT2D eigenvalue weighted by Crippen LogP contribution is -2.05. The number of nitrogens with zero attached hydrogens (tertiary/aromatic N) is 3. The molecule has 2 unspecified atom stereocenters. The maximum Gasteiger partial charge on any atom is 0.417 e. The Hall–Kier alpha value is -1.74. The molecule has 2 aromatic heterocycles. The highest BCUT2D eigenvalue weighted by Crippen LogP contribution is 2.40. The van der Waals surface area contributed by atoms with Gasteiger partial charge >= 0.3 is 6.18 Å². The van der Waals surface area contributed by atoms with E-state index in [1.807, 2.05) is 13.0 Å². The second-order valence-electron chi connectivity index (χ2n) is 6.27. The lowest BCUT2D eigenvalue weighted by Gasteiger charge is -2.09. The zero-order valence-corrected chi connectivity index (χ0v) is 16.2. The summed E-state index contributed by atoms with van der Waals surface area (Å²) in [5.74, 6) is 0.457. The van der Waals surface area contributed by atoms with Gasteiger partial charge in [-0.15, -0.1) is 0 Å². The Morgan fingerprint density at radius 2 is 2.08 bits per heavy atom. The average Bonchev–Trinajstić information content (AvgIpc) is 3.06. The molecule has 0 aliphatic carbocycles. The molecule has 9 heteroatoms. The lowest BCUT2D eigenvalue weighted by atomic mass is 10.1. The molecule has 4 rings (SSSR count). The molecule has 0 fully saturated rings. The molecule has 3 heterocycles. The van der Waals surface area contributed by atoms with Gasteiger partial charge in [-0.3, -0.25) is 4.21 Å². The van der Waals surface area contributed by atoms with Crippen LogP contribution in [0.15, 0.2) is 33.8 Å². The molecule has 4 nitrogen and oxygen atoms in total. The Morgan fingerprint density at radius 3 is 2.77 bits per heavy atom. The third-order valence-corrected chi connectivity index (χ3v) is 7.05. The predicted octanol–water partition coefficient (Wildman–Crippen LogP) is 4.47. The SMILES string of the molecule is CC1Cc2c(Br)ccc(-c3nc4cc(C(F)(F)F)cnc4n3C)c2S1=O. The van der Waals surface area contributed by atoms with E-state index in [9.17, 15) is 17.4 Å². The van der Waals surface area contributed by atoms with E-state index in [-0.39, 0.29) is 10.8 Å². The highest BCUT2D eigenvalue weighted by molar-refractivity contribution is 9.10. The average molecular weight is 444 g/mol. The number of hydrogen-bond acceptors (Lipinski definition) is 3. The van der Waals surface area contributed by atoms with E-state index in [0.717, 1.165) is 22.3 Å². The molecule has 0 amide bonds. The standard InChI is InChI=1S/C17H13BrF3N3OS/c1-8-5-11-12(18)4-3-10(14(11)26(8)25)15-23-13-6-9(17(19,20)21)7-22-16(13)24(15)2/h3-4,6-8H,5H2,1-2H3. The Morgan fingerprint density at radius 1 is 1.35 bits per heavy atom. The summed E-state index contributed by atoms with van der Waals surface area (Å²) in [4.78, 5) is 9.00. The van der Waals surface area contributed by atoms with E-state index in [1.54, 1.807) is 17.7 Å². The number of aromatic nitrogens is 3. The van der Waals surface area contributed by atoms with Crippen molar-refractivity contribution in [1.29, 1.82) is 0 Å². The van der Waals surface area contributed by atoms with Gasteiger partial charge in [-0.1, -0.05) is 22.9 Å². The van der Waals surface area contributed by atoms with Gasteiger partial charge in [0.05, 0.1) is 21.3 Å². The molecule has 0 N–H and O–H groups in total. The zero-order chi connectivity index (χ0) is 18.8. The molecule has 136 valence electrons. The maximum atomic E-state index is 12.9. The molecule has 1 aromatic carbocycles. The molecule has 0 saturated heterocycles. The summed E-state index contributed by atoms with van der Waals surface area (Å²) in [5.41, 5.74) is 1.30. The molecule has 0 saturated carbocycles. The van der Waals surface area contributed by atoms with E-state index in [2.05, 4.69) is 25.9 Å². The number of halogens is 4. The molecule has 26 heavy (non-hydrogen) atoms. The van der Waals surface area contributed by atoms with Crippen LogP contribution in [0.5, 0.6) is 0 Å². The fourth-order valence-corrected chi connectivity index (χ4v) is 5.39. The quantitative estimate of drug-likeness (QED) is 0.557. The van der Waals surface area contributed by atoms with Gasteiger partial charge in [-0.25, -0.2) is 9.97 Å². The van der Waals surface area contributed by atoms with Gasteiger partial charge in [0.2, 0.25) is 0 Å². The fourth-order valence-electron chi connectivity index (χ4n) is 3.24. The summed E-state index contributed by atoms with van der Waals surface area (Å²) in [6.45, 7) is 1.92. The molecule has 0 bridgehead atoms. The summed E-state index contributed by atoms with van der Waals surface area (Å²) in [6, 6.07) is 4.65. The van der Waals surface area contributed by atoms with Crippen LogP contribution in [0, 0.1) is 0 Å². The van der Waals surface area contributed by atoms with Gasteiger partial charge in [0.25, 0.3) is 0 Å². The topological polar surface area (TPSA) is 47.8 Å². The van der Waals surface area contributed by atoms with Gasteiger partial charge in [0.15, 0.2) is 5.65 Å². The normalized spacial score (nSPS) is 19.9. The number of fused-ring (bicyclic) bond motifs is 2. The van der Waals surface area contributed by atoms with Crippen LogP contribution >= 0.6 is 15.9 Å². The molecule has 1 aliphatic heterocycles. The number of hydrogen-bond donors (Lipinski definition) is 0. The Kier molecular flexibility index (Phi) is 4.00. The number of benzene rings is 1. The molecule has 0 spiro atoms. The first-order valence-corrected chi connectivity index (χ1v) is 9.81. The minimum absolute atomic E-state index is 0.0212. The number of alkyl halides is 3. The van der Waals surface area contributed by atoms with Crippen molar-refractivity contribution in [2.45, 2.75) is 29.7 Å². The van der Waals surface area contributed by atoms with Crippen LogP contribution in [0.4, 0.5) is 13.2 Å². The van der Waals surface area contributed by atoms with Crippen LogP contribution in [0.25, 0.3) is 22.6 Å². The number of pyridine rings is 1. The van der Waals surface area contributed by atoms with Crippen molar-refractivity contribution in [2.24, 2.45) is 7.05 Å². The summed E-state index contributed by atoms with van der Waals surface area (Å²) >= 11 is 3.49. The fraction of sp³-hybridized carbons (Fsp3) is 0.294. The Balaban J connectivity index is 1.96. The summed E-state index contributed by atoms with van der Waals surface area (Å²) in [6.07, 6.45) is -2.99. The summed E-state index contributed by atoms with van der Waals surface area (Å²) in [5, 5.41) is -0.0212. The van der Waals surface area contributed by atoms with Crippen LogP contribution in [0.3, 0.4) is 0 Å². The molecule has 1 aliphatic rings. The van der Waals surface area contributed by atoms with Gasteiger partial charge in [-0.05, 0) is 30.2 Å². The molecular formula is C17H13BrF3N3OS.